The molecule has 1 amide bonds. The van der Waals surface area contributed by atoms with E-state index in [2.05, 4.69) is 10.1 Å². The minimum Gasteiger partial charge on any atom is -0.453 e. The Kier molecular flexibility index (Phi) is 5.20. The van der Waals surface area contributed by atoms with Gasteiger partial charge >= 0.3 is 6.09 Å². The van der Waals surface area contributed by atoms with E-state index < -0.39 is 6.09 Å². The average molecular weight is 235 g/mol. The number of benzene rings is 1. The number of methoxy groups -OCH3 is 1. The summed E-state index contributed by atoms with van der Waals surface area (Å²) in [6.45, 7) is 1.51. The van der Waals surface area contributed by atoms with Gasteiger partial charge < -0.3 is 10.1 Å². The van der Waals surface area contributed by atoms with Gasteiger partial charge in [0, 0.05) is 12.5 Å². The lowest BCUT2D eigenvalue weighted by Crippen LogP contribution is -2.37. The highest BCUT2D eigenvalue weighted by Crippen LogP contribution is 2.06. The second-order valence-electron chi connectivity index (χ2n) is 3.93. The van der Waals surface area contributed by atoms with Gasteiger partial charge in [-0.2, -0.15) is 0 Å². The van der Waals surface area contributed by atoms with Crippen molar-refractivity contribution < 1.29 is 14.3 Å². The molecule has 0 saturated carbocycles. The van der Waals surface area contributed by atoms with Crippen LogP contribution in [0.25, 0.3) is 0 Å². The molecular weight excluding hydrogens is 218 g/mol. The van der Waals surface area contributed by atoms with Crippen molar-refractivity contribution in [2.24, 2.45) is 0 Å². The molecule has 0 aromatic heterocycles. The number of alkyl carbamates (subject to hydrolysis) is 1. The summed E-state index contributed by atoms with van der Waals surface area (Å²) >= 11 is 0. The van der Waals surface area contributed by atoms with E-state index in [9.17, 15) is 9.59 Å². The lowest BCUT2D eigenvalue weighted by atomic mass is 10.0. The quantitative estimate of drug-likeness (QED) is 0.848. The van der Waals surface area contributed by atoms with E-state index >= 15 is 0 Å². The Balaban J connectivity index is 2.63. The van der Waals surface area contributed by atoms with Crippen LogP contribution in [-0.4, -0.2) is 25.0 Å². The molecule has 0 aliphatic heterocycles. The van der Waals surface area contributed by atoms with Crippen LogP contribution in [0.4, 0.5) is 4.79 Å². The lowest BCUT2D eigenvalue weighted by Gasteiger charge is -2.16. The molecule has 0 radical (unpaired) electrons. The maximum absolute atomic E-state index is 11.1. The van der Waals surface area contributed by atoms with E-state index in [0.717, 1.165) is 5.56 Å². The van der Waals surface area contributed by atoms with E-state index in [4.69, 9.17) is 0 Å². The molecule has 1 atom stereocenters. The molecule has 0 saturated heterocycles. The molecule has 1 aromatic rings. The molecule has 1 unspecified atom stereocenters. The number of Topliss-reactive ketones (excluding diaryl/α,β-unsaturated/α-hetero) is 1. The Morgan fingerprint density at radius 3 is 2.47 bits per heavy atom. The Morgan fingerprint density at radius 2 is 1.94 bits per heavy atom. The fraction of sp³-hybridized carbons (Fsp3) is 0.385. The molecule has 4 nitrogen and oxygen atoms in total. The number of hydrogen-bond donors (Lipinski definition) is 1. The first-order chi connectivity index (χ1) is 8.11. The van der Waals surface area contributed by atoms with Gasteiger partial charge in [-0.3, -0.25) is 4.79 Å². The third-order valence-corrected chi connectivity index (χ3v) is 2.37. The van der Waals surface area contributed by atoms with E-state index in [0.29, 0.717) is 12.8 Å². The smallest absolute Gasteiger partial charge is 0.407 e. The number of amides is 1. The molecule has 92 valence electrons. The highest BCUT2D eigenvalue weighted by Gasteiger charge is 2.15. The largest absolute Gasteiger partial charge is 0.453 e. The number of nitrogens with one attached hydrogen (secondary N) is 1. The number of hydrogen-bond acceptors (Lipinski definition) is 3. The van der Waals surface area contributed by atoms with Gasteiger partial charge in [0.2, 0.25) is 0 Å². The summed E-state index contributed by atoms with van der Waals surface area (Å²) in [7, 11) is 1.31. The van der Waals surface area contributed by atoms with Crippen molar-refractivity contribution >= 4 is 11.9 Å². The van der Waals surface area contributed by atoms with Crippen LogP contribution in [0.5, 0.6) is 0 Å². The summed E-state index contributed by atoms with van der Waals surface area (Å²) in [5.41, 5.74) is 1.08. The van der Waals surface area contributed by atoms with Gasteiger partial charge in [0.25, 0.3) is 0 Å². The van der Waals surface area contributed by atoms with Crippen LogP contribution in [0.3, 0.4) is 0 Å². The van der Waals surface area contributed by atoms with Gasteiger partial charge in [-0.05, 0) is 18.9 Å². The summed E-state index contributed by atoms with van der Waals surface area (Å²) in [5, 5.41) is 2.66. The van der Waals surface area contributed by atoms with Gasteiger partial charge in [-0.15, -0.1) is 0 Å². The monoisotopic (exact) mass is 235 g/mol. The van der Waals surface area contributed by atoms with Gasteiger partial charge in [0.05, 0.1) is 7.11 Å². The van der Waals surface area contributed by atoms with E-state index in [1.807, 2.05) is 30.3 Å². The van der Waals surface area contributed by atoms with Crippen LogP contribution < -0.4 is 5.32 Å². The van der Waals surface area contributed by atoms with Crippen molar-refractivity contribution in [3.05, 3.63) is 35.9 Å². The van der Waals surface area contributed by atoms with Crippen molar-refractivity contribution in [2.75, 3.05) is 7.11 Å². The van der Waals surface area contributed by atoms with Crippen LogP contribution in [0, 0.1) is 0 Å². The first-order valence-corrected chi connectivity index (χ1v) is 5.49. The second-order valence-corrected chi connectivity index (χ2v) is 3.93. The zero-order valence-corrected chi connectivity index (χ0v) is 10.1. The maximum Gasteiger partial charge on any atom is 0.407 e. The Hall–Kier alpha value is -1.84. The van der Waals surface area contributed by atoms with E-state index in [-0.39, 0.29) is 11.8 Å². The number of carbonyl (C=O) groups excluding carboxylic acids is 2. The third-order valence-electron chi connectivity index (χ3n) is 2.37. The van der Waals surface area contributed by atoms with Crippen molar-refractivity contribution in [3.63, 3.8) is 0 Å². The maximum atomic E-state index is 11.1. The first-order valence-electron chi connectivity index (χ1n) is 5.49. The molecule has 17 heavy (non-hydrogen) atoms. The summed E-state index contributed by atoms with van der Waals surface area (Å²) in [6, 6.07) is 9.49. The predicted octanol–water partition coefficient (Wildman–Crippen LogP) is 1.93. The molecule has 1 aromatic carbocycles. The summed E-state index contributed by atoms with van der Waals surface area (Å²) in [4.78, 5) is 22.3. The molecule has 4 heteroatoms. The minimum atomic E-state index is -0.507. The minimum absolute atomic E-state index is 0.0438. The Morgan fingerprint density at radius 1 is 1.29 bits per heavy atom. The van der Waals surface area contributed by atoms with Gasteiger partial charge in [-0.25, -0.2) is 4.79 Å². The highest BCUT2D eigenvalue weighted by molar-refractivity contribution is 5.77. The predicted molar refractivity (Wildman–Crippen MR) is 64.8 cm³/mol. The summed E-state index contributed by atoms with van der Waals surface area (Å²) in [5.74, 6) is 0.0438. The Bertz CT molecular complexity index is 376. The second kappa shape index (κ2) is 6.68. The first kappa shape index (κ1) is 13.2. The summed E-state index contributed by atoms with van der Waals surface area (Å²) < 4.78 is 4.54. The fourth-order valence-corrected chi connectivity index (χ4v) is 1.65. The van der Waals surface area contributed by atoms with Gasteiger partial charge in [0.15, 0.2) is 0 Å². The van der Waals surface area contributed by atoms with Crippen molar-refractivity contribution in [3.8, 4) is 0 Å². The topological polar surface area (TPSA) is 55.4 Å². The number of carbonyl (C=O) groups is 2. The molecule has 1 N–H and O–H groups in total. The van der Waals surface area contributed by atoms with Gasteiger partial charge in [-0.1, -0.05) is 30.3 Å². The molecule has 0 heterocycles. The standard InChI is InChI=1S/C13H17NO3/c1-10(15)8-12(14-13(16)17-2)9-11-6-4-3-5-7-11/h3-7,12H,8-9H2,1-2H3,(H,14,16). The Labute approximate surface area is 101 Å². The fourth-order valence-electron chi connectivity index (χ4n) is 1.65. The van der Waals surface area contributed by atoms with E-state index in [1.165, 1.54) is 14.0 Å². The number of ether oxygens (including phenoxy) is 1. The van der Waals surface area contributed by atoms with Gasteiger partial charge in [0.1, 0.15) is 5.78 Å². The average Bonchev–Trinajstić information content (AvgIpc) is 2.29. The van der Waals surface area contributed by atoms with Crippen LogP contribution in [0.2, 0.25) is 0 Å². The zero-order valence-electron chi connectivity index (χ0n) is 10.1. The lowest BCUT2D eigenvalue weighted by molar-refractivity contribution is -0.117. The molecule has 0 bridgehead atoms. The van der Waals surface area contributed by atoms with Crippen molar-refractivity contribution in [2.45, 2.75) is 25.8 Å². The molecule has 1 rings (SSSR count). The molecular formula is C13H17NO3. The SMILES string of the molecule is COC(=O)NC(CC(C)=O)Cc1ccccc1. The highest BCUT2D eigenvalue weighted by atomic mass is 16.5. The number of ketones is 1. The van der Waals surface area contributed by atoms with Crippen LogP contribution in [0.15, 0.2) is 30.3 Å². The number of rotatable bonds is 5. The van der Waals surface area contributed by atoms with Crippen molar-refractivity contribution in [1.29, 1.82) is 0 Å². The van der Waals surface area contributed by atoms with Crippen LogP contribution in [0.1, 0.15) is 18.9 Å². The van der Waals surface area contributed by atoms with Crippen LogP contribution >= 0.6 is 0 Å². The molecule has 0 fully saturated rings. The molecule has 0 spiro atoms. The van der Waals surface area contributed by atoms with Crippen LogP contribution in [-0.2, 0) is 16.0 Å². The third kappa shape index (κ3) is 5.15. The normalized spacial score (nSPS) is 11.6. The van der Waals surface area contributed by atoms with Crippen molar-refractivity contribution in [1.82, 2.24) is 5.32 Å². The molecule has 0 aliphatic carbocycles. The zero-order chi connectivity index (χ0) is 12.7. The van der Waals surface area contributed by atoms with E-state index in [1.54, 1.807) is 0 Å². The summed E-state index contributed by atoms with van der Waals surface area (Å²) in [6.07, 6.45) is 0.423. The molecule has 0 aliphatic rings.